The Hall–Kier alpha value is -2.12. The monoisotopic (exact) mass is 461 g/mol. The highest BCUT2D eigenvalue weighted by molar-refractivity contribution is 9.10. The van der Waals surface area contributed by atoms with Gasteiger partial charge in [0.1, 0.15) is 0 Å². The van der Waals surface area contributed by atoms with Crippen LogP contribution in [0.1, 0.15) is 42.9 Å². The van der Waals surface area contributed by atoms with Gasteiger partial charge in [0.25, 0.3) is 10.0 Å². The first-order valence-corrected chi connectivity index (χ1v) is 11.5. The molecule has 0 aliphatic rings. The summed E-state index contributed by atoms with van der Waals surface area (Å²) in [6.45, 7) is 6.84. The van der Waals surface area contributed by atoms with Gasteiger partial charge in [-0.05, 0) is 58.5 Å². The largest absolute Gasteiger partial charge is 0.265 e. The zero-order valence-corrected chi connectivity index (χ0v) is 18.6. The number of benzene rings is 2. The summed E-state index contributed by atoms with van der Waals surface area (Å²) in [5.74, 6) is 0.675. The molecule has 1 unspecified atom stereocenters. The summed E-state index contributed by atoms with van der Waals surface area (Å²) in [5.41, 5.74) is 3.42. The standard InChI is InChI=1S/C21H24BrN3O2S/c1-4-16(3)18-9-11-19(12-10-18)28(26,27)24-21-20(22)14-25(23-21)13-17-7-5-15(2)6-8-17/h5-12,14,16H,4,13H2,1-3H3,(H,23,24). The van der Waals surface area contributed by atoms with Crippen molar-refractivity contribution in [1.29, 1.82) is 0 Å². The Morgan fingerprint density at radius 3 is 2.36 bits per heavy atom. The minimum atomic E-state index is -3.71. The number of rotatable bonds is 7. The van der Waals surface area contributed by atoms with Crippen LogP contribution in [0.2, 0.25) is 0 Å². The minimum absolute atomic E-state index is 0.222. The predicted octanol–water partition coefficient (Wildman–Crippen LogP) is 5.32. The summed E-state index contributed by atoms with van der Waals surface area (Å²) in [6.07, 6.45) is 2.78. The normalized spacial score (nSPS) is 12.7. The van der Waals surface area contributed by atoms with E-state index in [2.05, 4.69) is 39.6 Å². The van der Waals surface area contributed by atoms with Crippen molar-refractivity contribution in [2.24, 2.45) is 0 Å². The molecule has 0 radical (unpaired) electrons. The number of nitrogens with one attached hydrogen (secondary N) is 1. The molecule has 1 aromatic heterocycles. The molecule has 0 saturated heterocycles. The van der Waals surface area contributed by atoms with Crippen LogP contribution in [-0.2, 0) is 16.6 Å². The van der Waals surface area contributed by atoms with Crippen molar-refractivity contribution in [2.75, 3.05) is 4.72 Å². The first-order valence-electron chi connectivity index (χ1n) is 9.19. The van der Waals surface area contributed by atoms with Gasteiger partial charge in [-0.3, -0.25) is 9.40 Å². The van der Waals surface area contributed by atoms with E-state index >= 15 is 0 Å². The van der Waals surface area contributed by atoms with E-state index in [4.69, 9.17) is 0 Å². The highest BCUT2D eigenvalue weighted by atomic mass is 79.9. The topological polar surface area (TPSA) is 64.0 Å². The summed E-state index contributed by atoms with van der Waals surface area (Å²) < 4.78 is 30.3. The number of nitrogens with zero attached hydrogens (tertiary/aromatic N) is 2. The molecule has 0 amide bonds. The first-order chi connectivity index (χ1) is 13.3. The average molecular weight is 462 g/mol. The summed E-state index contributed by atoms with van der Waals surface area (Å²) in [7, 11) is -3.71. The second kappa shape index (κ2) is 8.49. The van der Waals surface area contributed by atoms with E-state index in [1.54, 1.807) is 23.0 Å². The van der Waals surface area contributed by atoms with Gasteiger partial charge in [-0.15, -0.1) is 0 Å². The average Bonchev–Trinajstić information content (AvgIpc) is 3.01. The molecule has 0 aliphatic heterocycles. The lowest BCUT2D eigenvalue weighted by Gasteiger charge is -2.10. The third-order valence-corrected chi connectivity index (χ3v) is 6.72. The zero-order chi connectivity index (χ0) is 20.3. The molecular weight excluding hydrogens is 438 g/mol. The fourth-order valence-electron chi connectivity index (χ4n) is 2.83. The van der Waals surface area contributed by atoms with E-state index in [0.29, 0.717) is 16.9 Å². The van der Waals surface area contributed by atoms with E-state index < -0.39 is 10.0 Å². The number of sulfonamides is 1. The molecule has 0 saturated carbocycles. The molecule has 1 atom stereocenters. The summed E-state index contributed by atoms with van der Waals surface area (Å²) in [6, 6.07) is 15.2. The Kier molecular flexibility index (Phi) is 6.25. The van der Waals surface area contributed by atoms with E-state index in [9.17, 15) is 8.42 Å². The molecule has 1 heterocycles. The van der Waals surface area contributed by atoms with Crippen molar-refractivity contribution in [1.82, 2.24) is 9.78 Å². The van der Waals surface area contributed by atoms with Crippen molar-refractivity contribution in [2.45, 2.75) is 44.6 Å². The Bertz CT molecular complexity index is 1040. The van der Waals surface area contributed by atoms with Crippen LogP contribution in [0.15, 0.2) is 64.1 Å². The highest BCUT2D eigenvalue weighted by Gasteiger charge is 2.18. The van der Waals surface area contributed by atoms with Gasteiger partial charge in [-0.2, -0.15) is 5.10 Å². The lowest BCUT2D eigenvalue weighted by atomic mass is 9.99. The lowest BCUT2D eigenvalue weighted by molar-refractivity contribution is 0.600. The Morgan fingerprint density at radius 2 is 1.75 bits per heavy atom. The van der Waals surface area contributed by atoms with Crippen LogP contribution in [0.25, 0.3) is 0 Å². The van der Waals surface area contributed by atoms with Crippen LogP contribution in [0.5, 0.6) is 0 Å². The van der Waals surface area contributed by atoms with Gasteiger partial charge < -0.3 is 0 Å². The predicted molar refractivity (Wildman–Crippen MR) is 116 cm³/mol. The minimum Gasteiger partial charge on any atom is -0.265 e. The third kappa shape index (κ3) is 4.83. The SMILES string of the molecule is CCC(C)c1ccc(S(=O)(=O)Nc2nn(Cc3ccc(C)cc3)cc2Br)cc1. The number of aromatic nitrogens is 2. The van der Waals surface area contributed by atoms with Crippen LogP contribution >= 0.6 is 15.9 Å². The summed E-state index contributed by atoms with van der Waals surface area (Å²) in [4.78, 5) is 0.222. The smallest absolute Gasteiger partial charge is 0.263 e. The van der Waals surface area contributed by atoms with Crippen LogP contribution < -0.4 is 4.72 Å². The molecule has 2 aromatic carbocycles. The molecule has 3 rings (SSSR count). The maximum Gasteiger partial charge on any atom is 0.263 e. The molecule has 1 N–H and O–H groups in total. The fourth-order valence-corrected chi connectivity index (χ4v) is 4.39. The van der Waals surface area contributed by atoms with Crippen LogP contribution in [0.3, 0.4) is 0 Å². The molecule has 0 fully saturated rings. The molecule has 7 heteroatoms. The van der Waals surface area contributed by atoms with Crippen molar-refractivity contribution in [3.63, 3.8) is 0 Å². The van der Waals surface area contributed by atoms with Crippen molar-refractivity contribution < 1.29 is 8.42 Å². The van der Waals surface area contributed by atoms with Crippen LogP contribution in [0, 0.1) is 6.92 Å². The van der Waals surface area contributed by atoms with Gasteiger partial charge >= 0.3 is 0 Å². The van der Waals surface area contributed by atoms with E-state index in [1.165, 1.54) is 5.56 Å². The highest BCUT2D eigenvalue weighted by Crippen LogP contribution is 2.25. The molecular formula is C21H24BrN3O2S. The summed E-state index contributed by atoms with van der Waals surface area (Å²) in [5, 5.41) is 4.38. The molecule has 0 spiro atoms. The Labute approximate surface area is 175 Å². The van der Waals surface area contributed by atoms with Gasteiger partial charge in [-0.1, -0.05) is 55.8 Å². The van der Waals surface area contributed by atoms with Crippen LogP contribution in [0.4, 0.5) is 5.82 Å². The maximum absolute atomic E-state index is 12.7. The van der Waals surface area contributed by atoms with Gasteiger partial charge in [0.2, 0.25) is 0 Å². The van der Waals surface area contributed by atoms with Crippen molar-refractivity contribution in [3.8, 4) is 0 Å². The number of halogens is 1. The molecule has 28 heavy (non-hydrogen) atoms. The van der Waals surface area contributed by atoms with Crippen molar-refractivity contribution >= 4 is 31.8 Å². The van der Waals surface area contributed by atoms with Gasteiger partial charge in [0.15, 0.2) is 5.82 Å². The molecule has 148 valence electrons. The first kappa shape index (κ1) is 20.6. The number of aryl methyl sites for hydroxylation is 1. The third-order valence-electron chi connectivity index (χ3n) is 4.79. The molecule has 0 aliphatic carbocycles. The second-order valence-corrected chi connectivity index (χ2v) is 9.53. The maximum atomic E-state index is 12.7. The Morgan fingerprint density at radius 1 is 1.11 bits per heavy atom. The quantitative estimate of drug-likeness (QED) is 0.517. The van der Waals surface area contributed by atoms with E-state index in [-0.39, 0.29) is 10.7 Å². The van der Waals surface area contributed by atoms with E-state index in [1.807, 2.05) is 43.3 Å². The zero-order valence-electron chi connectivity index (χ0n) is 16.2. The molecule has 0 bridgehead atoms. The number of anilines is 1. The lowest BCUT2D eigenvalue weighted by Crippen LogP contribution is -2.14. The fraction of sp³-hybridized carbons (Fsp3) is 0.286. The Balaban J connectivity index is 1.77. The van der Waals surface area contributed by atoms with Crippen molar-refractivity contribution in [3.05, 3.63) is 75.9 Å². The molecule has 3 aromatic rings. The van der Waals surface area contributed by atoms with E-state index in [0.717, 1.165) is 17.5 Å². The van der Waals surface area contributed by atoms with Crippen LogP contribution in [-0.4, -0.2) is 18.2 Å². The van der Waals surface area contributed by atoms with Gasteiger partial charge in [-0.25, -0.2) is 8.42 Å². The van der Waals surface area contributed by atoms with Gasteiger partial charge in [0, 0.05) is 6.20 Å². The number of hydrogen-bond acceptors (Lipinski definition) is 3. The molecule has 5 nitrogen and oxygen atoms in total. The van der Waals surface area contributed by atoms with Gasteiger partial charge in [0.05, 0.1) is 15.9 Å². The number of hydrogen-bond donors (Lipinski definition) is 1. The second-order valence-electron chi connectivity index (χ2n) is 6.99. The summed E-state index contributed by atoms with van der Waals surface area (Å²) >= 11 is 3.40.